The monoisotopic (exact) mass is 297 g/mol. The fourth-order valence-electron chi connectivity index (χ4n) is 1.97. The molecule has 1 aromatic heterocycles. The molecule has 0 aliphatic carbocycles. The molecule has 5 nitrogen and oxygen atoms in total. The van der Waals surface area contributed by atoms with Crippen LogP contribution >= 0.6 is 15.9 Å². The van der Waals surface area contributed by atoms with Crippen LogP contribution in [-0.4, -0.2) is 34.3 Å². The number of pyridine rings is 1. The lowest BCUT2D eigenvalue weighted by Crippen LogP contribution is -2.43. The lowest BCUT2D eigenvalue weighted by atomic mass is 10.2. The van der Waals surface area contributed by atoms with Crippen LogP contribution in [-0.2, 0) is 4.79 Å². The molecule has 1 unspecified atom stereocenters. The molecule has 1 saturated heterocycles. The summed E-state index contributed by atoms with van der Waals surface area (Å²) >= 11 is 3.20. The van der Waals surface area contributed by atoms with Crippen LogP contribution in [0.25, 0.3) is 0 Å². The summed E-state index contributed by atoms with van der Waals surface area (Å²) in [6.45, 7) is 0.572. The van der Waals surface area contributed by atoms with Crippen LogP contribution in [0.3, 0.4) is 0 Å². The highest BCUT2D eigenvalue weighted by molar-refractivity contribution is 9.10. The molecule has 17 heavy (non-hydrogen) atoms. The maximum absolute atomic E-state index is 12.1. The maximum Gasteiger partial charge on any atom is 0.256 e. The van der Waals surface area contributed by atoms with Gasteiger partial charge in [0.2, 0.25) is 5.91 Å². The van der Waals surface area contributed by atoms with Gasteiger partial charge in [-0.2, -0.15) is 0 Å². The number of primary amides is 1. The zero-order valence-electron chi connectivity index (χ0n) is 9.10. The summed E-state index contributed by atoms with van der Waals surface area (Å²) in [5.41, 5.74) is 5.75. The summed E-state index contributed by atoms with van der Waals surface area (Å²) in [5.74, 6) is -0.632. The number of halogens is 1. The molecule has 0 saturated carbocycles. The van der Waals surface area contributed by atoms with Crippen molar-refractivity contribution >= 4 is 27.7 Å². The Labute approximate surface area is 107 Å². The van der Waals surface area contributed by atoms with Crippen molar-refractivity contribution in [1.82, 2.24) is 9.88 Å². The van der Waals surface area contributed by atoms with Gasteiger partial charge in [0.15, 0.2) is 0 Å². The maximum atomic E-state index is 12.1. The van der Waals surface area contributed by atoms with Gasteiger partial charge in [0.1, 0.15) is 10.6 Å². The van der Waals surface area contributed by atoms with Gasteiger partial charge in [0.25, 0.3) is 5.91 Å². The topological polar surface area (TPSA) is 76.3 Å². The standard InChI is InChI=1S/C11H12BrN3O2/c12-9-4-3-7(6-14-9)11(17)15-5-1-2-8(15)10(13)16/h3-4,6,8H,1-2,5H2,(H2,13,16). The van der Waals surface area contributed by atoms with E-state index in [2.05, 4.69) is 20.9 Å². The van der Waals surface area contributed by atoms with Crippen LogP contribution in [0.15, 0.2) is 22.9 Å². The number of hydrogen-bond acceptors (Lipinski definition) is 3. The first-order valence-corrected chi connectivity index (χ1v) is 6.11. The van der Waals surface area contributed by atoms with E-state index in [4.69, 9.17) is 5.73 Å². The summed E-state index contributed by atoms with van der Waals surface area (Å²) < 4.78 is 0.668. The molecule has 2 amide bonds. The van der Waals surface area contributed by atoms with Crippen molar-refractivity contribution in [3.63, 3.8) is 0 Å². The highest BCUT2D eigenvalue weighted by atomic mass is 79.9. The number of amides is 2. The van der Waals surface area contributed by atoms with Gasteiger partial charge in [-0.15, -0.1) is 0 Å². The second-order valence-corrected chi connectivity index (χ2v) is 4.74. The minimum atomic E-state index is -0.480. The Morgan fingerprint density at radius 3 is 2.82 bits per heavy atom. The van der Waals surface area contributed by atoms with Crippen LogP contribution in [0.4, 0.5) is 0 Å². The Balaban J connectivity index is 2.19. The minimum absolute atomic E-state index is 0.189. The van der Waals surface area contributed by atoms with E-state index in [0.29, 0.717) is 23.1 Å². The number of nitrogens with two attached hydrogens (primary N) is 1. The molecule has 0 bridgehead atoms. The Hall–Kier alpha value is -1.43. The normalized spacial score (nSPS) is 19.4. The van der Waals surface area contributed by atoms with Crippen LogP contribution in [0, 0.1) is 0 Å². The van der Waals surface area contributed by atoms with Crippen molar-refractivity contribution in [2.45, 2.75) is 18.9 Å². The van der Waals surface area contributed by atoms with Crippen molar-refractivity contribution in [2.75, 3.05) is 6.54 Å². The van der Waals surface area contributed by atoms with E-state index in [1.165, 1.54) is 11.1 Å². The molecule has 0 radical (unpaired) electrons. The van der Waals surface area contributed by atoms with Crippen molar-refractivity contribution in [3.05, 3.63) is 28.5 Å². The number of carbonyl (C=O) groups excluding carboxylic acids is 2. The van der Waals surface area contributed by atoms with Crippen LogP contribution in [0.5, 0.6) is 0 Å². The van der Waals surface area contributed by atoms with E-state index in [-0.39, 0.29) is 5.91 Å². The second kappa shape index (κ2) is 4.83. The van der Waals surface area contributed by atoms with E-state index in [1.54, 1.807) is 12.1 Å². The molecule has 1 aliphatic heterocycles. The van der Waals surface area contributed by atoms with Crippen LogP contribution < -0.4 is 5.73 Å². The Morgan fingerprint density at radius 1 is 1.47 bits per heavy atom. The summed E-state index contributed by atoms with van der Waals surface area (Å²) in [4.78, 5) is 28.9. The zero-order valence-corrected chi connectivity index (χ0v) is 10.7. The number of nitrogens with zero attached hydrogens (tertiary/aromatic N) is 2. The lowest BCUT2D eigenvalue weighted by Gasteiger charge is -2.21. The van der Waals surface area contributed by atoms with Gasteiger partial charge in [-0.25, -0.2) is 4.98 Å². The van der Waals surface area contributed by atoms with E-state index in [9.17, 15) is 9.59 Å². The van der Waals surface area contributed by atoms with Gasteiger partial charge in [0.05, 0.1) is 5.56 Å². The highest BCUT2D eigenvalue weighted by Gasteiger charge is 2.33. The fourth-order valence-corrected chi connectivity index (χ4v) is 2.21. The average molecular weight is 298 g/mol. The van der Waals surface area contributed by atoms with Gasteiger partial charge in [-0.3, -0.25) is 9.59 Å². The number of likely N-dealkylation sites (tertiary alicyclic amines) is 1. The molecule has 6 heteroatoms. The third-order valence-corrected chi connectivity index (χ3v) is 3.29. The smallest absolute Gasteiger partial charge is 0.256 e. The summed E-state index contributed by atoms with van der Waals surface area (Å²) in [6.07, 6.45) is 2.94. The van der Waals surface area contributed by atoms with Gasteiger partial charge >= 0.3 is 0 Å². The number of hydrogen-bond donors (Lipinski definition) is 1. The molecule has 1 aromatic rings. The zero-order chi connectivity index (χ0) is 12.4. The van der Waals surface area contributed by atoms with Crippen molar-refractivity contribution in [1.29, 1.82) is 0 Å². The third kappa shape index (κ3) is 2.46. The molecule has 2 rings (SSSR count). The molecular weight excluding hydrogens is 286 g/mol. The van der Waals surface area contributed by atoms with Crippen molar-refractivity contribution in [3.8, 4) is 0 Å². The molecule has 1 aliphatic rings. The molecular formula is C11H12BrN3O2. The molecule has 1 atom stereocenters. The SMILES string of the molecule is NC(=O)C1CCCN1C(=O)c1ccc(Br)nc1. The molecule has 2 heterocycles. The average Bonchev–Trinajstić information content (AvgIpc) is 2.78. The first-order valence-electron chi connectivity index (χ1n) is 5.31. The van der Waals surface area contributed by atoms with Gasteiger partial charge in [-0.1, -0.05) is 0 Å². The van der Waals surface area contributed by atoms with Crippen molar-refractivity contribution < 1.29 is 9.59 Å². The molecule has 2 N–H and O–H groups in total. The second-order valence-electron chi connectivity index (χ2n) is 3.93. The number of carbonyl (C=O) groups is 2. The molecule has 1 fully saturated rings. The summed E-state index contributed by atoms with van der Waals surface area (Å²) in [5, 5.41) is 0. The van der Waals surface area contributed by atoms with Crippen molar-refractivity contribution in [2.24, 2.45) is 5.73 Å². The quantitative estimate of drug-likeness (QED) is 0.825. The lowest BCUT2D eigenvalue weighted by molar-refractivity contribution is -0.121. The summed E-state index contributed by atoms with van der Waals surface area (Å²) in [7, 11) is 0. The number of aromatic nitrogens is 1. The Bertz CT molecular complexity index is 447. The number of rotatable bonds is 2. The van der Waals surface area contributed by atoms with E-state index >= 15 is 0 Å². The molecule has 0 spiro atoms. The van der Waals surface area contributed by atoms with E-state index < -0.39 is 11.9 Å². The molecule has 0 aromatic carbocycles. The Kier molecular flexibility index (Phi) is 3.42. The van der Waals surface area contributed by atoms with Gasteiger partial charge in [0, 0.05) is 12.7 Å². The van der Waals surface area contributed by atoms with Crippen LogP contribution in [0.2, 0.25) is 0 Å². The predicted molar refractivity (Wildman–Crippen MR) is 65.2 cm³/mol. The first kappa shape index (κ1) is 12.0. The highest BCUT2D eigenvalue weighted by Crippen LogP contribution is 2.20. The molecule has 90 valence electrons. The van der Waals surface area contributed by atoms with Gasteiger partial charge < -0.3 is 10.6 Å². The minimum Gasteiger partial charge on any atom is -0.368 e. The third-order valence-electron chi connectivity index (χ3n) is 2.82. The summed E-state index contributed by atoms with van der Waals surface area (Å²) in [6, 6.07) is 2.89. The van der Waals surface area contributed by atoms with Crippen LogP contribution in [0.1, 0.15) is 23.2 Å². The fraction of sp³-hybridized carbons (Fsp3) is 0.364. The first-order chi connectivity index (χ1) is 8.09. The largest absolute Gasteiger partial charge is 0.368 e. The Morgan fingerprint density at radius 2 is 2.24 bits per heavy atom. The van der Waals surface area contributed by atoms with E-state index in [1.807, 2.05) is 0 Å². The van der Waals surface area contributed by atoms with Gasteiger partial charge in [-0.05, 0) is 40.9 Å². The predicted octanol–water partition coefficient (Wildman–Crippen LogP) is 0.934. The van der Waals surface area contributed by atoms with E-state index in [0.717, 1.165) is 6.42 Å².